The summed E-state index contributed by atoms with van der Waals surface area (Å²) in [6, 6.07) is 4.41. The van der Waals surface area contributed by atoms with Crippen molar-refractivity contribution in [2.75, 3.05) is 33.9 Å². The van der Waals surface area contributed by atoms with E-state index in [0.29, 0.717) is 32.0 Å². The van der Waals surface area contributed by atoms with Crippen LogP contribution in [0.4, 0.5) is 4.39 Å². The minimum absolute atomic E-state index is 0.307. The molecule has 1 aliphatic heterocycles. The molecule has 0 amide bonds. The van der Waals surface area contributed by atoms with Gasteiger partial charge in [0, 0.05) is 25.2 Å². The van der Waals surface area contributed by atoms with Crippen LogP contribution in [0.5, 0.6) is 5.75 Å². The van der Waals surface area contributed by atoms with Crippen LogP contribution in [-0.2, 0) is 20.8 Å². The Morgan fingerprint density at radius 3 is 3.00 bits per heavy atom. The maximum Gasteiger partial charge on any atom is 0.336 e. The lowest BCUT2D eigenvalue weighted by molar-refractivity contribution is -0.160. The zero-order valence-corrected chi connectivity index (χ0v) is 11.6. The monoisotopic (exact) mass is 283 g/mol. The maximum absolute atomic E-state index is 13.3. The molecule has 1 unspecified atom stereocenters. The molecule has 0 N–H and O–H groups in total. The molecule has 0 spiro atoms. The Balaban J connectivity index is 2.06. The van der Waals surface area contributed by atoms with Crippen LogP contribution in [0.3, 0.4) is 0 Å². The highest BCUT2D eigenvalue weighted by Crippen LogP contribution is 2.22. The van der Waals surface area contributed by atoms with Gasteiger partial charge in [-0.2, -0.15) is 0 Å². The molecule has 0 bridgehead atoms. The standard InChI is InChI=1S/C14H18FNO4/c1-18-12-4-3-11(15)7-10(12)8-16-5-6-20-13(9-16)14(17)19-2/h3-4,7,13H,5-6,8-9H2,1-2H3. The van der Waals surface area contributed by atoms with Gasteiger partial charge in [0.15, 0.2) is 6.10 Å². The number of halogens is 1. The third-order valence-electron chi connectivity index (χ3n) is 3.25. The smallest absolute Gasteiger partial charge is 0.336 e. The highest BCUT2D eigenvalue weighted by atomic mass is 19.1. The second kappa shape index (κ2) is 6.67. The van der Waals surface area contributed by atoms with Crippen LogP contribution in [0.15, 0.2) is 18.2 Å². The fraction of sp³-hybridized carbons (Fsp3) is 0.500. The van der Waals surface area contributed by atoms with Crippen molar-refractivity contribution >= 4 is 5.97 Å². The number of hydrogen-bond acceptors (Lipinski definition) is 5. The van der Waals surface area contributed by atoms with Crippen LogP contribution < -0.4 is 4.74 Å². The Hall–Kier alpha value is -1.66. The molecule has 1 saturated heterocycles. The second-order valence-corrected chi connectivity index (χ2v) is 4.57. The van der Waals surface area contributed by atoms with E-state index in [0.717, 1.165) is 5.56 Å². The summed E-state index contributed by atoms with van der Waals surface area (Å²) in [6.45, 7) is 2.04. The SMILES string of the molecule is COC(=O)C1CN(Cc2cc(F)ccc2OC)CCO1. The number of carbonyl (C=O) groups excluding carboxylic acids is 1. The molecule has 1 heterocycles. The minimum atomic E-state index is -0.590. The van der Waals surface area contributed by atoms with Gasteiger partial charge in [-0.3, -0.25) is 4.90 Å². The lowest BCUT2D eigenvalue weighted by Gasteiger charge is -2.31. The number of benzene rings is 1. The quantitative estimate of drug-likeness (QED) is 0.777. The number of morpholine rings is 1. The van der Waals surface area contributed by atoms with E-state index >= 15 is 0 Å². The molecule has 5 nitrogen and oxygen atoms in total. The molecule has 0 saturated carbocycles. The number of hydrogen-bond donors (Lipinski definition) is 0. The van der Waals surface area contributed by atoms with E-state index in [2.05, 4.69) is 4.74 Å². The predicted octanol–water partition coefficient (Wildman–Crippen LogP) is 1.21. The Bertz CT molecular complexity index is 480. The molecule has 1 aromatic carbocycles. The number of ether oxygens (including phenoxy) is 3. The Labute approximate surface area is 117 Å². The maximum atomic E-state index is 13.3. The molecule has 6 heteroatoms. The molecule has 1 fully saturated rings. The van der Waals surface area contributed by atoms with Crippen molar-refractivity contribution in [2.45, 2.75) is 12.6 Å². The van der Waals surface area contributed by atoms with Gasteiger partial charge in [-0.1, -0.05) is 0 Å². The van der Waals surface area contributed by atoms with Crippen molar-refractivity contribution in [1.29, 1.82) is 0 Å². The van der Waals surface area contributed by atoms with Crippen LogP contribution in [-0.4, -0.2) is 50.9 Å². The van der Waals surface area contributed by atoms with Gasteiger partial charge in [0.25, 0.3) is 0 Å². The molecular weight excluding hydrogens is 265 g/mol. The van der Waals surface area contributed by atoms with E-state index in [1.807, 2.05) is 4.90 Å². The third-order valence-corrected chi connectivity index (χ3v) is 3.25. The lowest BCUT2D eigenvalue weighted by atomic mass is 10.1. The second-order valence-electron chi connectivity index (χ2n) is 4.57. The first kappa shape index (κ1) is 14.7. The van der Waals surface area contributed by atoms with Crippen LogP contribution in [0.25, 0.3) is 0 Å². The molecule has 2 rings (SSSR count). The van der Waals surface area contributed by atoms with Gasteiger partial charge in [0.05, 0.1) is 20.8 Å². The Morgan fingerprint density at radius 1 is 1.50 bits per heavy atom. The van der Waals surface area contributed by atoms with E-state index < -0.39 is 6.10 Å². The van der Waals surface area contributed by atoms with Crippen molar-refractivity contribution in [3.8, 4) is 5.75 Å². The first-order chi connectivity index (χ1) is 9.63. The van der Waals surface area contributed by atoms with Crippen molar-refractivity contribution in [3.63, 3.8) is 0 Å². The van der Waals surface area contributed by atoms with Crippen molar-refractivity contribution < 1.29 is 23.4 Å². The average molecular weight is 283 g/mol. The summed E-state index contributed by atoms with van der Waals surface area (Å²) >= 11 is 0. The van der Waals surface area contributed by atoms with E-state index in [1.165, 1.54) is 19.2 Å². The Morgan fingerprint density at radius 2 is 2.30 bits per heavy atom. The summed E-state index contributed by atoms with van der Waals surface area (Å²) in [5.41, 5.74) is 0.748. The summed E-state index contributed by atoms with van der Waals surface area (Å²) in [7, 11) is 2.88. The predicted molar refractivity (Wildman–Crippen MR) is 70.0 cm³/mol. The van der Waals surface area contributed by atoms with Crippen molar-refractivity contribution in [2.24, 2.45) is 0 Å². The largest absolute Gasteiger partial charge is 0.496 e. The van der Waals surface area contributed by atoms with Gasteiger partial charge < -0.3 is 14.2 Å². The molecule has 0 aliphatic carbocycles. The molecule has 1 atom stereocenters. The number of esters is 1. The number of carbonyl (C=O) groups is 1. The topological polar surface area (TPSA) is 48.0 Å². The normalized spacial score (nSPS) is 19.6. The number of methoxy groups -OCH3 is 2. The van der Waals surface area contributed by atoms with E-state index in [-0.39, 0.29) is 11.8 Å². The fourth-order valence-electron chi connectivity index (χ4n) is 2.23. The summed E-state index contributed by atoms with van der Waals surface area (Å²) < 4.78 is 28.6. The summed E-state index contributed by atoms with van der Waals surface area (Å²) in [4.78, 5) is 13.5. The first-order valence-electron chi connectivity index (χ1n) is 6.38. The van der Waals surface area contributed by atoms with Crippen LogP contribution in [0.2, 0.25) is 0 Å². The lowest BCUT2D eigenvalue weighted by Crippen LogP contribution is -2.46. The van der Waals surface area contributed by atoms with Gasteiger partial charge in [-0.25, -0.2) is 9.18 Å². The highest BCUT2D eigenvalue weighted by Gasteiger charge is 2.27. The van der Waals surface area contributed by atoms with Crippen LogP contribution in [0.1, 0.15) is 5.56 Å². The molecule has 1 aliphatic rings. The third kappa shape index (κ3) is 3.46. The molecule has 0 radical (unpaired) electrons. The number of rotatable bonds is 4. The van der Waals surface area contributed by atoms with E-state index in [9.17, 15) is 9.18 Å². The zero-order chi connectivity index (χ0) is 14.5. The number of nitrogens with zero attached hydrogens (tertiary/aromatic N) is 1. The minimum Gasteiger partial charge on any atom is -0.496 e. The van der Waals surface area contributed by atoms with Crippen LogP contribution in [0, 0.1) is 5.82 Å². The van der Waals surface area contributed by atoms with Gasteiger partial charge in [0.1, 0.15) is 11.6 Å². The summed E-state index contributed by atoms with van der Waals surface area (Å²) in [5, 5.41) is 0. The van der Waals surface area contributed by atoms with E-state index in [4.69, 9.17) is 9.47 Å². The van der Waals surface area contributed by atoms with Gasteiger partial charge >= 0.3 is 5.97 Å². The van der Waals surface area contributed by atoms with E-state index in [1.54, 1.807) is 13.2 Å². The molecule has 20 heavy (non-hydrogen) atoms. The van der Waals surface area contributed by atoms with Crippen molar-refractivity contribution in [3.05, 3.63) is 29.6 Å². The highest BCUT2D eigenvalue weighted by molar-refractivity contribution is 5.74. The van der Waals surface area contributed by atoms with Crippen molar-refractivity contribution in [1.82, 2.24) is 4.90 Å². The van der Waals surface area contributed by atoms with Gasteiger partial charge in [0.2, 0.25) is 0 Å². The average Bonchev–Trinajstić information content (AvgIpc) is 2.47. The molecule has 110 valence electrons. The van der Waals surface area contributed by atoms with Gasteiger partial charge in [-0.05, 0) is 18.2 Å². The Kier molecular flexibility index (Phi) is 4.92. The summed E-state index contributed by atoms with van der Waals surface area (Å²) in [5.74, 6) is -0.0630. The molecule has 1 aromatic rings. The van der Waals surface area contributed by atoms with Gasteiger partial charge in [-0.15, -0.1) is 0 Å². The zero-order valence-electron chi connectivity index (χ0n) is 11.6. The summed E-state index contributed by atoms with van der Waals surface area (Å²) in [6.07, 6.45) is -0.590. The molecule has 0 aromatic heterocycles. The molecular formula is C14H18FNO4. The van der Waals surface area contributed by atoms with Crippen LogP contribution >= 0.6 is 0 Å². The first-order valence-corrected chi connectivity index (χ1v) is 6.38. The fourth-order valence-corrected chi connectivity index (χ4v) is 2.23.